The molecule has 0 aromatic rings. The van der Waals surface area contributed by atoms with Gasteiger partial charge in [-0.1, -0.05) is 39.9 Å². The summed E-state index contributed by atoms with van der Waals surface area (Å²) in [4.78, 5) is 0. The first-order valence-corrected chi connectivity index (χ1v) is 6.31. The van der Waals surface area contributed by atoms with Crippen molar-refractivity contribution < 1.29 is 0 Å². The summed E-state index contributed by atoms with van der Waals surface area (Å²) in [6, 6.07) is 0. The van der Waals surface area contributed by atoms with Gasteiger partial charge in [0.15, 0.2) is 0 Å². The third kappa shape index (κ3) is 5.60. The smallest absolute Gasteiger partial charge is 0.0656 e. The molecule has 1 nitrogen and oxygen atoms in total. The van der Waals surface area contributed by atoms with Crippen molar-refractivity contribution in [1.82, 2.24) is 0 Å². The van der Waals surface area contributed by atoms with Gasteiger partial charge in [-0.25, -0.2) is 0 Å². The van der Waals surface area contributed by atoms with Gasteiger partial charge in [-0.15, -0.1) is 0 Å². The van der Waals surface area contributed by atoms with Crippen LogP contribution in [0.2, 0.25) is 6.32 Å². The van der Waals surface area contributed by atoms with Crippen LogP contribution in [-0.2, 0) is 0 Å². The third-order valence-corrected chi connectivity index (χ3v) is 3.68. The fraction of sp³-hybridized carbons (Fsp3) is 1.00. The summed E-state index contributed by atoms with van der Waals surface area (Å²) in [6.45, 7) is 11.0. The van der Waals surface area contributed by atoms with Crippen molar-refractivity contribution in [2.45, 2.75) is 65.7 Å². The number of nitrogens with two attached hydrogens (primary N) is 1. The molecule has 0 aliphatic rings. The molecule has 88 valence electrons. The Kier molecular flexibility index (Phi) is 6.58. The summed E-state index contributed by atoms with van der Waals surface area (Å²) in [5, 5.41) is 0. The van der Waals surface area contributed by atoms with Gasteiger partial charge in [0.2, 0.25) is 0 Å². The molecule has 2 radical (unpaired) electrons. The second-order valence-electron chi connectivity index (χ2n) is 5.74. The molecule has 0 aromatic heterocycles. The van der Waals surface area contributed by atoms with E-state index in [9.17, 15) is 0 Å². The zero-order valence-electron chi connectivity index (χ0n) is 11.2. The SMILES string of the molecule is [B]CC(CCC(CC)C(C)(C)N)C(C)C. The van der Waals surface area contributed by atoms with Gasteiger partial charge >= 0.3 is 0 Å². The summed E-state index contributed by atoms with van der Waals surface area (Å²) in [5.74, 6) is 1.96. The fourth-order valence-electron chi connectivity index (χ4n) is 2.24. The van der Waals surface area contributed by atoms with Crippen molar-refractivity contribution in [1.29, 1.82) is 0 Å². The van der Waals surface area contributed by atoms with Gasteiger partial charge in [-0.2, -0.15) is 0 Å². The minimum absolute atomic E-state index is 0.0507. The first-order chi connectivity index (χ1) is 6.82. The maximum Gasteiger partial charge on any atom is 0.0656 e. The molecule has 0 spiro atoms. The number of rotatable bonds is 7. The standard InChI is InChI=1S/C13H28BN/c1-6-12(13(4,5)15)8-7-11(9-14)10(2)3/h10-12H,6-9,15H2,1-5H3. The van der Waals surface area contributed by atoms with Crippen molar-refractivity contribution >= 4 is 7.85 Å². The Labute approximate surface area is 97.6 Å². The monoisotopic (exact) mass is 209 g/mol. The highest BCUT2D eigenvalue weighted by molar-refractivity contribution is 6.08. The van der Waals surface area contributed by atoms with Gasteiger partial charge < -0.3 is 5.73 Å². The van der Waals surface area contributed by atoms with Gasteiger partial charge in [0.25, 0.3) is 0 Å². The Hall–Kier alpha value is 0.0249. The maximum absolute atomic E-state index is 6.16. The van der Waals surface area contributed by atoms with E-state index in [4.69, 9.17) is 13.6 Å². The highest BCUT2D eigenvalue weighted by Crippen LogP contribution is 2.28. The van der Waals surface area contributed by atoms with E-state index in [1.165, 1.54) is 19.3 Å². The van der Waals surface area contributed by atoms with Gasteiger partial charge in [0, 0.05) is 5.54 Å². The first kappa shape index (κ1) is 15.0. The molecular formula is C13H28BN. The molecule has 0 bridgehead atoms. The predicted molar refractivity (Wildman–Crippen MR) is 70.2 cm³/mol. The summed E-state index contributed by atoms with van der Waals surface area (Å²) < 4.78 is 0. The topological polar surface area (TPSA) is 26.0 Å². The Morgan fingerprint density at radius 3 is 2.00 bits per heavy atom. The van der Waals surface area contributed by atoms with Crippen LogP contribution in [-0.4, -0.2) is 13.4 Å². The normalized spacial score (nSPS) is 16.7. The molecule has 2 atom stereocenters. The van der Waals surface area contributed by atoms with Crippen molar-refractivity contribution in [3.8, 4) is 0 Å². The van der Waals surface area contributed by atoms with E-state index in [1.54, 1.807) is 0 Å². The highest BCUT2D eigenvalue weighted by Gasteiger charge is 2.24. The molecule has 0 aliphatic carbocycles. The van der Waals surface area contributed by atoms with Crippen LogP contribution in [0.4, 0.5) is 0 Å². The van der Waals surface area contributed by atoms with Crippen LogP contribution < -0.4 is 5.73 Å². The zero-order chi connectivity index (χ0) is 12.1. The lowest BCUT2D eigenvalue weighted by molar-refractivity contribution is 0.256. The molecule has 0 aromatic carbocycles. The Morgan fingerprint density at radius 2 is 1.73 bits per heavy atom. The van der Waals surface area contributed by atoms with Gasteiger partial charge in [0.1, 0.15) is 0 Å². The summed E-state index contributed by atoms with van der Waals surface area (Å²) in [6.07, 6.45) is 4.39. The molecule has 0 saturated heterocycles. The lowest BCUT2D eigenvalue weighted by atomic mass is 9.75. The molecule has 2 N–H and O–H groups in total. The molecule has 0 fully saturated rings. The quantitative estimate of drug-likeness (QED) is 0.639. The highest BCUT2D eigenvalue weighted by atomic mass is 14.7. The maximum atomic E-state index is 6.16. The van der Waals surface area contributed by atoms with Crippen LogP contribution in [0.15, 0.2) is 0 Å². The van der Waals surface area contributed by atoms with Crippen LogP contribution >= 0.6 is 0 Å². The second-order valence-corrected chi connectivity index (χ2v) is 5.74. The fourth-order valence-corrected chi connectivity index (χ4v) is 2.24. The summed E-state index contributed by atoms with van der Waals surface area (Å²) in [5.41, 5.74) is 6.11. The van der Waals surface area contributed by atoms with Gasteiger partial charge in [-0.3, -0.25) is 0 Å². The van der Waals surface area contributed by atoms with E-state index in [0.717, 1.165) is 6.32 Å². The Bertz CT molecular complexity index is 160. The molecule has 0 saturated carbocycles. The van der Waals surface area contributed by atoms with Crippen molar-refractivity contribution in [3.05, 3.63) is 0 Å². The Morgan fingerprint density at radius 1 is 1.20 bits per heavy atom. The van der Waals surface area contributed by atoms with E-state index in [1.807, 2.05) is 0 Å². The average molecular weight is 209 g/mol. The minimum atomic E-state index is -0.0507. The third-order valence-electron chi connectivity index (χ3n) is 3.68. The van der Waals surface area contributed by atoms with E-state index in [-0.39, 0.29) is 5.54 Å². The first-order valence-electron chi connectivity index (χ1n) is 6.31. The van der Waals surface area contributed by atoms with Gasteiger partial charge in [-0.05, 0) is 38.0 Å². The van der Waals surface area contributed by atoms with E-state index < -0.39 is 0 Å². The lowest BCUT2D eigenvalue weighted by Gasteiger charge is -2.31. The minimum Gasteiger partial charge on any atom is -0.325 e. The van der Waals surface area contributed by atoms with Crippen LogP contribution in [0.3, 0.4) is 0 Å². The largest absolute Gasteiger partial charge is 0.325 e. The van der Waals surface area contributed by atoms with E-state index >= 15 is 0 Å². The van der Waals surface area contributed by atoms with E-state index in [0.29, 0.717) is 17.8 Å². The molecule has 2 unspecified atom stereocenters. The molecule has 0 heterocycles. The van der Waals surface area contributed by atoms with Crippen molar-refractivity contribution in [3.63, 3.8) is 0 Å². The molecule has 0 amide bonds. The predicted octanol–water partition coefficient (Wildman–Crippen LogP) is 3.39. The lowest BCUT2D eigenvalue weighted by Crippen LogP contribution is -2.40. The molecule has 2 heteroatoms. The number of hydrogen-bond donors (Lipinski definition) is 1. The van der Waals surface area contributed by atoms with Gasteiger partial charge in [0.05, 0.1) is 7.85 Å². The van der Waals surface area contributed by atoms with E-state index in [2.05, 4.69) is 34.6 Å². The van der Waals surface area contributed by atoms with Crippen LogP contribution in [0.5, 0.6) is 0 Å². The van der Waals surface area contributed by atoms with Crippen LogP contribution in [0.1, 0.15) is 53.9 Å². The zero-order valence-corrected chi connectivity index (χ0v) is 11.2. The summed E-state index contributed by atoms with van der Waals surface area (Å²) in [7, 11) is 5.78. The molecule has 0 rings (SSSR count). The van der Waals surface area contributed by atoms with Crippen LogP contribution in [0, 0.1) is 17.8 Å². The Balaban J connectivity index is 4.10. The second kappa shape index (κ2) is 6.57. The number of hydrogen-bond acceptors (Lipinski definition) is 1. The summed E-state index contributed by atoms with van der Waals surface area (Å²) >= 11 is 0. The average Bonchev–Trinajstić information content (AvgIpc) is 2.09. The van der Waals surface area contributed by atoms with Crippen molar-refractivity contribution in [2.75, 3.05) is 0 Å². The van der Waals surface area contributed by atoms with Crippen molar-refractivity contribution in [2.24, 2.45) is 23.5 Å². The van der Waals surface area contributed by atoms with Crippen LogP contribution in [0.25, 0.3) is 0 Å². The molecular weight excluding hydrogens is 181 g/mol. The molecule has 0 aliphatic heterocycles. The molecule has 15 heavy (non-hydrogen) atoms.